The Hall–Kier alpha value is -0.600. The fraction of sp³-hybridized carbons (Fsp3) is 0.800. The first-order valence-corrected chi connectivity index (χ1v) is 9.08. The maximum atomic E-state index is 10.8. The SMILES string of the molecule is C=C1CCC[C@H](C)CCC2=C(C)[C@@H]3[C@H]1C[C@@H](O)[C@]3(C)[C@@H](O)C2. The smallest absolute Gasteiger partial charge is 0.0661 e. The molecule has 0 unspecified atom stereocenters. The molecule has 1 saturated carbocycles. The normalized spacial score (nSPS) is 46.6. The van der Waals surface area contributed by atoms with Crippen molar-refractivity contribution in [3.63, 3.8) is 0 Å². The largest absolute Gasteiger partial charge is 0.392 e. The number of hydrogen-bond donors (Lipinski definition) is 2. The molecule has 0 spiro atoms. The highest BCUT2D eigenvalue weighted by Crippen LogP contribution is 2.59. The van der Waals surface area contributed by atoms with E-state index in [0.29, 0.717) is 5.92 Å². The number of aliphatic hydroxyl groups is 2. The van der Waals surface area contributed by atoms with Crippen molar-refractivity contribution in [2.45, 2.75) is 77.9 Å². The van der Waals surface area contributed by atoms with Crippen LogP contribution in [0.4, 0.5) is 0 Å². The van der Waals surface area contributed by atoms with E-state index in [9.17, 15) is 10.2 Å². The van der Waals surface area contributed by atoms with Crippen LogP contribution in [-0.4, -0.2) is 22.4 Å². The van der Waals surface area contributed by atoms with Crippen molar-refractivity contribution in [1.29, 1.82) is 0 Å². The zero-order valence-electron chi connectivity index (χ0n) is 14.4. The molecular formula is C20H32O2. The van der Waals surface area contributed by atoms with E-state index in [-0.39, 0.29) is 11.3 Å². The van der Waals surface area contributed by atoms with E-state index >= 15 is 0 Å². The van der Waals surface area contributed by atoms with Crippen molar-refractivity contribution in [3.8, 4) is 0 Å². The monoisotopic (exact) mass is 304 g/mol. The molecule has 22 heavy (non-hydrogen) atoms. The average molecular weight is 304 g/mol. The van der Waals surface area contributed by atoms with Crippen molar-refractivity contribution >= 4 is 0 Å². The maximum Gasteiger partial charge on any atom is 0.0661 e. The topological polar surface area (TPSA) is 40.5 Å². The van der Waals surface area contributed by atoms with E-state index in [1.54, 1.807) is 0 Å². The third-order valence-corrected chi connectivity index (χ3v) is 7.11. The van der Waals surface area contributed by atoms with Gasteiger partial charge in [-0.3, -0.25) is 0 Å². The molecule has 3 aliphatic rings. The molecule has 1 fully saturated rings. The van der Waals surface area contributed by atoms with Gasteiger partial charge in [0.15, 0.2) is 0 Å². The maximum absolute atomic E-state index is 10.8. The van der Waals surface area contributed by atoms with Gasteiger partial charge in [0.1, 0.15) is 0 Å². The Morgan fingerprint density at radius 2 is 1.86 bits per heavy atom. The van der Waals surface area contributed by atoms with Gasteiger partial charge in [-0.15, -0.1) is 0 Å². The van der Waals surface area contributed by atoms with E-state index in [4.69, 9.17) is 0 Å². The summed E-state index contributed by atoms with van der Waals surface area (Å²) in [5.74, 6) is 1.38. The van der Waals surface area contributed by atoms with Gasteiger partial charge in [0.25, 0.3) is 0 Å². The van der Waals surface area contributed by atoms with Gasteiger partial charge in [0.05, 0.1) is 12.2 Å². The molecule has 2 heteroatoms. The number of aliphatic hydroxyl groups excluding tert-OH is 2. The van der Waals surface area contributed by atoms with E-state index in [1.165, 1.54) is 36.0 Å². The minimum Gasteiger partial charge on any atom is -0.392 e. The average Bonchev–Trinajstić information content (AvgIpc) is 2.74. The molecule has 2 bridgehead atoms. The quantitative estimate of drug-likeness (QED) is 0.658. The van der Waals surface area contributed by atoms with Crippen LogP contribution in [0.1, 0.15) is 65.7 Å². The molecular weight excluding hydrogens is 272 g/mol. The second-order valence-electron chi connectivity index (χ2n) is 8.40. The van der Waals surface area contributed by atoms with Gasteiger partial charge >= 0.3 is 0 Å². The highest BCUT2D eigenvalue weighted by molar-refractivity contribution is 5.32. The molecule has 124 valence electrons. The minimum absolute atomic E-state index is 0.280. The molecule has 6 atom stereocenters. The lowest BCUT2D eigenvalue weighted by Crippen LogP contribution is -2.47. The predicted molar refractivity (Wildman–Crippen MR) is 90.4 cm³/mol. The standard InChI is InChI=1S/C20H32O2/c1-12-6-5-7-13(2)16-11-18(22)20(4)17(21)10-15(9-8-12)14(3)19(16)20/h12,16-19,21-22H,2,5-11H2,1,3-4H3/t12-,16-,17-,18+,19+,20-/m0/s1. The molecule has 0 aromatic heterocycles. The van der Waals surface area contributed by atoms with Crippen LogP contribution in [-0.2, 0) is 0 Å². The van der Waals surface area contributed by atoms with Crippen LogP contribution >= 0.6 is 0 Å². The first-order valence-electron chi connectivity index (χ1n) is 9.08. The number of rotatable bonds is 0. The third-order valence-electron chi connectivity index (χ3n) is 7.11. The summed E-state index contributed by atoms with van der Waals surface area (Å²) >= 11 is 0. The van der Waals surface area contributed by atoms with Crippen LogP contribution in [0, 0.1) is 23.2 Å². The van der Waals surface area contributed by atoms with Crippen LogP contribution in [0.3, 0.4) is 0 Å². The van der Waals surface area contributed by atoms with Gasteiger partial charge in [-0.1, -0.05) is 43.6 Å². The van der Waals surface area contributed by atoms with E-state index < -0.39 is 12.2 Å². The van der Waals surface area contributed by atoms with Gasteiger partial charge in [0.2, 0.25) is 0 Å². The summed E-state index contributed by atoms with van der Waals surface area (Å²) in [6.45, 7) is 11.1. The summed E-state index contributed by atoms with van der Waals surface area (Å²) in [5, 5.41) is 21.5. The minimum atomic E-state index is -0.417. The lowest BCUT2D eigenvalue weighted by molar-refractivity contribution is -0.0643. The third kappa shape index (κ3) is 2.39. The fourth-order valence-corrected chi connectivity index (χ4v) is 5.43. The van der Waals surface area contributed by atoms with Crippen molar-refractivity contribution in [2.75, 3.05) is 0 Å². The summed E-state index contributed by atoms with van der Waals surface area (Å²) in [5.41, 5.74) is 3.82. The molecule has 0 amide bonds. The first kappa shape index (κ1) is 16.3. The number of allylic oxidation sites excluding steroid dienone is 2. The molecule has 0 aliphatic heterocycles. The Balaban J connectivity index is 2.04. The Morgan fingerprint density at radius 3 is 2.59 bits per heavy atom. The highest BCUT2D eigenvalue weighted by Gasteiger charge is 2.58. The summed E-state index contributed by atoms with van der Waals surface area (Å²) in [6.07, 6.45) is 6.60. The Bertz CT molecular complexity index is 492. The van der Waals surface area contributed by atoms with Crippen molar-refractivity contribution < 1.29 is 10.2 Å². The van der Waals surface area contributed by atoms with Gasteiger partial charge in [-0.2, -0.15) is 0 Å². The first-order chi connectivity index (χ1) is 10.4. The molecule has 0 saturated heterocycles. The molecule has 2 N–H and O–H groups in total. The molecule has 0 aromatic carbocycles. The zero-order valence-corrected chi connectivity index (χ0v) is 14.4. The Labute approximate surface area is 135 Å². The molecule has 3 rings (SSSR count). The zero-order chi connectivity index (χ0) is 16.1. The molecule has 0 aromatic rings. The van der Waals surface area contributed by atoms with Crippen molar-refractivity contribution in [1.82, 2.24) is 0 Å². The van der Waals surface area contributed by atoms with Gasteiger partial charge in [-0.05, 0) is 63.2 Å². The van der Waals surface area contributed by atoms with Crippen LogP contribution in [0.5, 0.6) is 0 Å². The Morgan fingerprint density at radius 1 is 1.14 bits per heavy atom. The Kier molecular flexibility index (Phi) is 4.28. The van der Waals surface area contributed by atoms with Gasteiger partial charge in [-0.25, -0.2) is 0 Å². The van der Waals surface area contributed by atoms with Gasteiger partial charge < -0.3 is 10.2 Å². The van der Waals surface area contributed by atoms with Crippen LogP contribution in [0.15, 0.2) is 23.3 Å². The summed E-state index contributed by atoms with van der Waals surface area (Å²) in [6, 6.07) is 0. The molecule has 0 heterocycles. The van der Waals surface area contributed by atoms with Crippen LogP contribution in [0.25, 0.3) is 0 Å². The van der Waals surface area contributed by atoms with E-state index in [0.717, 1.165) is 31.6 Å². The lowest BCUT2D eigenvalue weighted by Gasteiger charge is -2.46. The molecule has 2 nitrogen and oxygen atoms in total. The number of hydrogen-bond acceptors (Lipinski definition) is 2. The van der Waals surface area contributed by atoms with Crippen LogP contribution < -0.4 is 0 Å². The van der Waals surface area contributed by atoms with Crippen LogP contribution in [0.2, 0.25) is 0 Å². The predicted octanol–water partition coefficient (Wildman–Crippen LogP) is 4.23. The molecule has 3 aliphatic carbocycles. The fourth-order valence-electron chi connectivity index (χ4n) is 5.43. The van der Waals surface area contributed by atoms with E-state index in [1.807, 2.05) is 0 Å². The lowest BCUT2D eigenvalue weighted by atomic mass is 9.61. The van der Waals surface area contributed by atoms with Crippen molar-refractivity contribution in [2.24, 2.45) is 23.2 Å². The summed E-state index contributed by atoms with van der Waals surface area (Å²) in [7, 11) is 0. The second-order valence-corrected chi connectivity index (χ2v) is 8.40. The summed E-state index contributed by atoms with van der Waals surface area (Å²) < 4.78 is 0. The molecule has 0 radical (unpaired) electrons. The van der Waals surface area contributed by atoms with E-state index in [2.05, 4.69) is 27.4 Å². The highest BCUT2D eigenvalue weighted by atomic mass is 16.3. The summed E-state index contributed by atoms with van der Waals surface area (Å²) in [4.78, 5) is 0. The van der Waals surface area contributed by atoms with Crippen molar-refractivity contribution in [3.05, 3.63) is 23.3 Å². The van der Waals surface area contributed by atoms with Gasteiger partial charge in [0, 0.05) is 5.41 Å². The second kappa shape index (κ2) is 5.79.